The lowest BCUT2D eigenvalue weighted by atomic mass is 10.1. The Morgan fingerprint density at radius 2 is 1.89 bits per heavy atom. The van der Waals surface area contributed by atoms with Crippen molar-refractivity contribution in [3.63, 3.8) is 0 Å². The SMILES string of the molecule is Cc1cc(C(=O)Nc2ncccc2OCc2ccccc2)nn1C(C)(C)C. The van der Waals surface area contributed by atoms with Crippen molar-refractivity contribution in [3.8, 4) is 5.75 Å². The number of ether oxygens (including phenoxy) is 1. The van der Waals surface area contributed by atoms with E-state index in [4.69, 9.17) is 4.74 Å². The van der Waals surface area contributed by atoms with E-state index in [0.29, 0.717) is 23.9 Å². The number of carbonyl (C=O) groups excluding carboxylic acids is 1. The molecule has 3 aromatic rings. The first-order valence-corrected chi connectivity index (χ1v) is 8.85. The van der Waals surface area contributed by atoms with Gasteiger partial charge in [0.2, 0.25) is 0 Å². The van der Waals surface area contributed by atoms with Crippen molar-refractivity contribution < 1.29 is 9.53 Å². The number of nitrogens with one attached hydrogen (secondary N) is 1. The standard InChI is InChI=1S/C21H24N4O2/c1-15-13-17(24-25(15)21(2,3)4)20(26)23-19-18(11-8-12-22-19)27-14-16-9-6-5-7-10-16/h5-13H,14H2,1-4H3,(H,22,23,26). The number of hydrogen-bond acceptors (Lipinski definition) is 4. The summed E-state index contributed by atoms with van der Waals surface area (Å²) in [4.78, 5) is 16.9. The average Bonchev–Trinajstić information content (AvgIpc) is 3.04. The van der Waals surface area contributed by atoms with Crippen molar-refractivity contribution in [2.75, 3.05) is 5.32 Å². The summed E-state index contributed by atoms with van der Waals surface area (Å²) in [6, 6.07) is 15.2. The van der Waals surface area contributed by atoms with Gasteiger partial charge in [-0.25, -0.2) is 4.98 Å². The van der Waals surface area contributed by atoms with Crippen molar-refractivity contribution in [2.24, 2.45) is 0 Å². The van der Waals surface area contributed by atoms with Crippen LogP contribution in [0.2, 0.25) is 0 Å². The highest BCUT2D eigenvalue weighted by atomic mass is 16.5. The van der Waals surface area contributed by atoms with Crippen LogP contribution in [0.25, 0.3) is 0 Å². The summed E-state index contributed by atoms with van der Waals surface area (Å²) < 4.78 is 7.68. The van der Waals surface area contributed by atoms with Gasteiger partial charge in [-0.15, -0.1) is 0 Å². The molecule has 0 saturated heterocycles. The molecule has 0 atom stereocenters. The number of rotatable bonds is 5. The number of carbonyl (C=O) groups is 1. The van der Waals surface area contributed by atoms with E-state index < -0.39 is 0 Å². The Morgan fingerprint density at radius 1 is 1.15 bits per heavy atom. The maximum Gasteiger partial charge on any atom is 0.277 e. The summed E-state index contributed by atoms with van der Waals surface area (Å²) in [6.07, 6.45) is 1.62. The van der Waals surface area contributed by atoms with Gasteiger partial charge in [-0.2, -0.15) is 5.10 Å². The van der Waals surface area contributed by atoms with Crippen LogP contribution >= 0.6 is 0 Å². The zero-order valence-corrected chi connectivity index (χ0v) is 16.1. The number of pyridine rings is 1. The van der Waals surface area contributed by atoms with Crippen molar-refractivity contribution in [1.82, 2.24) is 14.8 Å². The highest BCUT2D eigenvalue weighted by molar-refractivity contribution is 6.03. The molecule has 0 aliphatic carbocycles. The number of hydrogen-bond donors (Lipinski definition) is 1. The average molecular weight is 364 g/mol. The second-order valence-electron chi connectivity index (χ2n) is 7.33. The van der Waals surface area contributed by atoms with Crippen molar-refractivity contribution in [3.05, 3.63) is 71.7 Å². The molecule has 1 N–H and O–H groups in total. The third-order valence-corrected chi connectivity index (χ3v) is 4.00. The summed E-state index contributed by atoms with van der Waals surface area (Å²) >= 11 is 0. The van der Waals surface area contributed by atoms with Crippen molar-refractivity contribution in [2.45, 2.75) is 39.8 Å². The van der Waals surface area contributed by atoms with Gasteiger partial charge in [0.25, 0.3) is 5.91 Å². The van der Waals surface area contributed by atoms with Gasteiger partial charge < -0.3 is 10.1 Å². The molecule has 1 aromatic carbocycles. The van der Waals surface area contributed by atoms with Crippen LogP contribution in [0.1, 0.15) is 42.5 Å². The number of benzene rings is 1. The molecule has 2 heterocycles. The minimum atomic E-state index is -0.315. The van der Waals surface area contributed by atoms with Gasteiger partial charge in [-0.1, -0.05) is 30.3 Å². The zero-order chi connectivity index (χ0) is 19.4. The number of nitrogens with zero attached hydrogens (tertiary/aromatic N) is 3. The van der Waals surface area contributed by atoms with Crippen LogP contribution in [0.4, 0.5) is 5.82 Å². The lowest BCUT2D eigenvalue weighted by Gasteiger charge is -2.21. The van der Waals surface area contributed by atoms with Crippen LogP contribution in [-0.4, -0.2) is 20.7 Å². The first-order chi connectivity index (χ1) is 12.8. The van der Waals surface area contributed by atoms with Crippen molar-refractivity contribution in [1.29, 1.82) is 0 Å². The molecule has 3 rings (SSSR count). The van der Waals surface area contributed by atoms with Crippen molar-refractivity contribution >= 4 is 11.7 Å². The van der Waals surface area contributed by atoms with Crippen LogP contribution in [0.15, 0.2) is 54.7 Å². The van der Waals surface area contributed by atoms with E-state index in [1.165, 1.54) is 0 Å². The number of anilines is 1. The van der Waals surface area contributed by atoms with E-state index in [2.05, 4.69) is 15.4 Å². The maximum absolute atomic E-state index is 12.7. The zero-order valence-electron chi connectivity index (χ0n) is 16.1. The van der Waals surface area contributed by atoms with Crippen LogP contribution in [0.5, 0.6) is 5.75 Å². The molecule has 6 nitrogen and oxygen atoms in total. The molecule has 0 spiro atoms. The molecule has 0 fully saturated rings. The Hall–Kier alpha value is -3.15. The lowest BCUT2D eigenvalue weighted by Crippen LogP contribution is -2.25. The van der Waals surface area contributed by atoms with Crippen LogP contribution < -0.4 is 10.1 Å². The van der Waals surface area contributed by atoms with E-state index in [1.54, 1.807) is 24.4 Å². The molecule has 2 aromatic heterocycles. The molecule has 0 aliphatic heterocycles. The fourth-order valence-electron chi connectivity index (χ4n) is 2.77. The van der Waals surface area contributed by atoms with E-state index in [1.807, 2.05) is 62.7 Å². The molecule has 6 heteroatoms. The molecule has 140 valence electrons. The Balaban J connectivity index is 1.75. The van der Waals surface area contributed by atoms with Crippen LogP contribution in [-0.2, 0) is 12.1 Å². The summed E-state index contributed by atoms with van der Waals surface area (Å²) in [5, 5.41) is 7.24. The summed E-state index contributed by atoms with van der Waals surface area (Å²) in [5.74, 6) is 0.576. The molecule has 0 bridgehead atoms. The molecule has 1 amide bonds. The molecule has 0 radical (unpaired) electrons. The topological polar surface area (TPSA) is 69.0 Å². The molecule has 27 heavy (non-hydrogen) atoms. The Labute approximate surface area is 159 Å². The highest BCUT2D eigenvalue weighted by Crippen LogP contribution is 2.23. The van der Waals surface area contributed by atoms with E-state index in [0.717, 1.165) is 11.3 Å². The highest BCUT2D eigenvalue weighted by Gasteiger charge is 2.21. The number of aromatic nitrogens is 3. The Bertz CT molecular complexity index is 927. The van der Waals surface area contributed by atoms with E-state index in [-0.39, 0.29) is 11.4 Å². The van der Waals surface area contributed by atoms with Gasteiger partial charge in [-0.3, -0.25) is 9.48 Å². The van der Waals surface area contributed by atoms with Gasteiger partial charge in [0, 0.05) is 11.9 Å². The molecule has 0 saturated carbocycles. The smallest absolute Gasteiger partial charge is 0.277 e. The number of amides is 1. The summed E-state index contributed by atoms with van der Waals surface area (Å²) in [6.45, 7) is 8.46. The fourth-order valence-corrected chi connectivity index (χ4v) is 2.77. The maximum atomic E-state index is 12.7. The molecule has 0 unspecified atom stereocenters. The molecular formula is C21H24N4O2. The first kappa shape index (κ1) is 18.6. The van der Waals surface area contributed by atoms with Gasteiger partial charge in [-0.05, 0) is 51.5 Å². The van der Waals surface area contributed by atoms with E-state index in [9.17, 15) is 4.79 Å². The van der Waals surface area contributed by atoms with Gasteiger partial charge in [0.15, 0.2) is 17.3 Å². The third-order valence-electron chi connectivity index (χ3n) is 4.00. The predicted molar refractivity (Wildman–Crippen MR) is 105 cm³/mol. The van der Waals surface area contributed by atoms with E-state index >= 15 is 0 Å². The molecular weight excluding hydrogens is 340 g/mol. The summed E-state index contributed by atoms with van der Waals surface area (Å²) in [5.41, 5.74) is 2.12. The largest absolute Gasteiger partial charge is 0.485 e. The number of aryl methyl sites for hydroxylation is 1. The Kier molecular flexibility index (Phi) is 5.26. The monoisotopic (exact) mass is 364 g/mol. The third kappa shape index (κ3) is 4.53. The van der Waals surface area contributed by atoms with Crippen LogP contribution in [0.3, 0.4) is 0 Å². The minimum Gasteiger partial charge on any atom is -0.485 e. The predicted octanol–water partition coefficient (Wildman–Crippen LogP) is 4.17. The second kappa shape index (κ2) is 7.61. The summed E-state index contributed by atoms with van der Waals surface area (Å²) in [7, 11) is 0. The van der Waals surface area contributed by atoms with Gasteiger partial charge in [0.1, 0.15) is 6.61 Å². The lowest BCUT2D eigenvalue weighted by molar-refractivity contribution is 0.101. The normalized spacial score (nSPS) is 11.3. The Morgan fingerprint density at radius 3 is 2.56 bits per heavy atom. The minimum absolute atomic E-state index is 0.197. The van der Waals surface area contributed by atoms with Crippen LogP contribution in [0, 0.1) is 6.92 Å². The first-order valence-electron chi connectivity index (χ1n) is 8.85. The second-order valence-corrected chi connectivity index (χ2v) is 7.33. The van der Waals surface area contributed by atoms with Gasteiger partial charge >= 0.3 is 0 Å². The molecule has 0 aliphatic rings. The quantitative estimate of drug-likeness (QED) is 0.738. The fraction of sp³-hybridized carbons (Fsp3) is 0.286. The van der Waals surface area contributed by atoms with Gasteiger partial charge in [0.05, 0.1) is 5.54 Å².